The number of amides is 6. The second kappa shape index (κ2) is 25.8. The smallest absolute Gasteiger partial charge is 0.320 e. The third-order valence-electron chi connectivity index (χ3n) is 13.9. The van der Waals surface area contributed by atoms with Crippen LogP contribution in [-0.2, 0) is 0 Å². The fourth-order valence-corrected chi connectivity index (χ4v) is 9.31. The van der Waals surface area contributed by atoms with Gasteiger partial charge in [-0.1, -0.05) is 98.8 Å². The molecule has 8 rings (SSSR count). The SMILES string of the molecule is C.C.Cc1ccc(-c2ccc(C(=O)N(C)[C@H]3CCN(C(=O)N(C)C4CCN(C(=N)N)C4)C3)cc2)cc1.Cc1ccc(-c2ccc(C(=O)N(C)[C@H]3CCN(C(=O)N(C)C4CCNC4)C3)cc2)cc1.S.S. The van der Waals surface area contributed by atoms with E-state index in [9.17, 15) is 19.2 Å². The van der Waals surface area contributed by atoms with E-state index in [1.165, 1.54) is 11.1 Å². The maximum Gasteiger partial charge on any atom is 0.320 e. The molecular formula is C53H78N10O4S2. The van der Waals surface area contributed by atoms with Crippen LogP contribution in [0.3, 0.4) is 0 Å². The lowest BCUT2D eigenvalue weighted by atomic mass is 10.0. The van der Waals surface area contributed by atoms with E-state index >= 15 is 0 Å². The predicted molar refractivity (Wildman–Crippen MR) is 291 cm³/mol. The lowest BCUT2D eigenvalue weighted by Crippen LogP contribution is -2.48. The van der Waals surface area contributed by atoms with Gasteiger partial charge >= 0.3 is 12.1 Å². The van der Waals surface area contributed by atoms with Gasteiger partial charge < -0.3 is 45.3 Å². The third kappa shape index (κ3) is 13.8. The largest absolute Gasteiger partial charge is 0.370 e. The number of urea groups is 2. The summed E-state index contributed by atoms with van der Waals surface area (Å²) in [5.74, 6) is 0.0238. The second-order valence-corrected chi connectivity index (χ2v) is 18.2. The summed E-state index contributed by atoms with van der Waals surface area (Å²) in [5.41, 5.74) is 13.8. The van der Waals surface area contributed by atoms with E-state index in [4.69, 9.17) is 11.1 Å². The number of guanidine groups is 1. The van der Waals surface area contributed by atoms with E-state index in [0.717, 1.165) is 61.0 Å². The number of carbonyl (C=O) groups is 4. The number of carbonyl (C=O) groups excluding carboxylic acids is 4. The molecule has 4 aliphatic heterocycles. The fourth-order valence-electron chi connectivity index (χ4n) is 9.31. The molecule has 14 nitrogen and oxygen atoms in total. The van der Waals surface area contributed by atoms with Gasteiger partial charge in [0.1, 0.15) is 0 Å². The zero-order valence-electron chi connectivity index (χ0n) is 39.9. The van der Waals surface area contributed by atoms with Crippen LogP contribution in [0, 0.1) is 19.3 Å². The standard InChI is InChI=1S/C26H34N6O2.C25H32N4O2.2CH4.2H2S/c1-18-4-6-19(7-5-18)20-8-10-21(11-9-20)24(33)29(2)22-13-15-32(17-22)26(34)30(3)23-12-14-31(16-23)25(27)28;1-18-4-6-19(7-5-18)20-8-10-21(11-9-20)24(30)27(2)23-13-15-29(17-23)25(31)28(3)22-12-14-26-16-22;;;;/h4-11,22-23H,12-17H2,1-3H3,(H3,27,28);4-11,22-23,26H,12-17H2,1-3H3;2*1H4;2*1H2/t22-,23?;22?,23-;;;;/m00..../s1. The van der Waals surface area contributed by atoms with Gasteiger partial charge in [0.05, 0.1) is 18.1 Å². The number of likely N-dealkylation sites (N-methyl/N-ethyl adjacent to an activating group) is 4. The molecule has 4 saturated heterocycles. The maximum absolute atomic E-state index is 13.1. The van der Waals surface area contributed by atoms with Crippen LogP contribution in [0.5, 0.6) is 0 Å². The highest BCUT2D eigenvalue weighted by Crippen LogP contribution is 2.26. The molecule has 69 heavy (non-hydrogen) atoms. The van der Waals surface area contributed by atoms with E-state index in [1.807, 2.05) is 91.4 Å². The minimum absolute atomic E-state index is 0. The Morgan fingerprint density at radius 1 is 0.507 bits per heavy atom. The molecule has 0 saturated carbocycles. The van der Waals surface area contributed by atoms with Gasteiger partial charge in [-0.25, -0.2) is 9.59 Å². The van der Waals surface area contributed by atoms with Gasteiger partial charge in [0.25, 0.3) is 11.8 Å². The molecule has 0 bridgehead atoms. The van der Waals surface area contributed by atoms with E-state index in [-0.39, 0.29) is 95.8 Å². The first-order valence-electron chi connectivity index (χ1n) is 22.9. The summed E-state index contributed by atoms with van der Waals surface area (Å²) < 4.78 is 0. The van der Waals surface area contributed by atoms with Crippen molar-refractivity contribution in [3.05, 3.63) is 119 Å². The molecule has 0 spiro atoms. The Morgan fingerprint density at radius 3 is 1.16 bits per heavy atom. The number of rotatable bonds is 8. The van der Waals surface area contributed by atoms with Gasteiger partial charge in [0, 0.05) is 91.2 Å². The molecule has 4 aliphatic rings. The number of nitrogens with one attached hydrogen (secondary N) is 2. The molecule has 0 radical (unpaired) electrons. The van der Waals surface area contributed by atoms with Crippen LogP contribution in [0.2, 0.25) is 0 Å². The molecule has 376 valence electrons. The Labute approximate surface area is 425 Å². The molecule has 0 aliphatic carbocycles. The van der Waals surface area contributed by atoms with Gasteiger partial charge in [0.15, 0.2) is 5.96 Å². The Bertz CT molecular complexity index is 2310. The Hall–Kier alpha value is -5.71. The lowest BCUT2D eigenvalue weighted by molar-refractivity contribution is 0.0727. The summed E-state index contributed by atoms with van der Waals surface area (Å²) in [6, 6.07) is 32.6. The Balaban J connectivity index is 0.000000346. The molecule has 4 fully saturated rings. The first-order valence-corrected chi connectivity index (χ1v) is 22.9. The van der Waals surface area contributed by atoms with Crippen molar-refractivity contribution in [2.24, 2.45) is 5.73 Å². The number of nitrogens with two attached hydrogens (primary N) is 1. The van der Waals surface area contributed by atoms with Gasteiger partial charge in [-0.2, -0.15) is 27.0 Å². The van der Waals surface area contributed by atoms with Crippen molar-refractivity contribution >= 4 is 56.8 Å². The number of likely N-dealkylation sites (tertiary alicyclic amines) is 3. The number of nitrogens with zero attached hydrogens (tertiary/aromatic N) is 7. The monoisotopic (exact) mass is 983 g/mol. The quantitative estimate of drug-likeness (QED) is 0.122. The summed E-state index contributed by atoms with van der Waals surface area (Å²) in [7, 11) is 7.37. The van der Waals surface area contributed by atoms with Crippen molar-refractivity contribution < 1.29 is 19.2 Å². The van der Waals surface area contributed by atoms with E-state index in [2.05, 4.69) is 67.7 Å². The van der Waals surface area contributed by atoms with Gasteiger partial charge in [0.2, 0.25) is 0 Å². The molecule has 16 heteroatoms. The molecule has 4 N–H and O–H groups in total. The number of benzene rings is 4. The van der Waals surface area contributed by atoms with Crippen LogP contribution in [0.4, 0.5) is 9.59 Å². The number of hydrogen-bond donors (Lipinski definition) is 3. The van der Waals surface area contributed by atoms with Crippen LogP contribution >= 0.6 is 27.0 Å². The zero-order chi connectivity index (χ0) is 46.4. The lowest BCUT2D eigenvalue weighted by Gasteiger charge is -2.30. The summed E-state index contributed by atoms with van der Waals surface area (Å²) in [5, 5.41) is 10.9. The summed E-state index contributed by atoms with van der Waals surface area (Å²) in [6.45, 7) is 9.67. The fraction of sp³-hybridized carbons (Fsp3) is 0.453. The van der Waals surface area contributed by atoms with Crippen LogP contribution in [0.25, 0.3) is 22.3 Å². The van der Waals surface area contributed by atoms with Crippen molar-refractivity contribution in [1.29, 1.82) is 5.41 Å². The zero-order valence-corrected chi connectivity index (χ0v) is 41.9. The van der Waals surface area contributed by atoms with Crippen molar-refractivity contribution in [3.8, 4) is 22.3 Å². The Morgan fingerprint density at radius 2 is 0.826 bits per heavy atom. The van der Waals surface area contributed by atoms with Crippen LogP contribution in [-0.4, -0.2) is 169 Å². The summed E-state index contributed by atoms with van der Waals surface area (Å²) >= 11 is 0. The highest BCUT2D eigenvalue weighted by Gasteiger charge is 2.37. The minimum Gasteiger partial charge on any atom is -0.370 e. The molecule has 2 unspecified atom stereocenters. The molecule has 0 aromatic heterocycles. The van der Waals surface area contributed by atoms with Gasteiger partial charge in [-0.3, -0.25) is 15.0 Å². The molecular weight excluding hydrogens is 905 g/mol. The average Bonchev–Trinajstić information content (AvgIpc) is 4.19. The Kier molecular flexibility index (Phi) is 21.5. The van der Waals surface area contributed by atoms with Gasteiger partial charge in [-0.05, 0) is 92.6 Å². The third-order valence-corrected chi connectivity index (χ3v) is 13.9. The minimum atomic E-state index is -0.0315. The topological polar surface area (TPSA) is 153 Å². The summed E-state index contributed by atoms with van der Waals surface area (Å²) in [4.78, 5) is 64.7. The van der Waals surface area contributed by atoms with Crippen LogP contribution < -0.4 is 11.1 Å². The van der Waals surface area contributed by atoms with Gasteiger partial charge in [-0.15, -0.1) is 0 Å². The van der Waals surface area contributed by atoms with Crippen LogP contribution in [0.15, 0.2) is 97.1 Å². The predicted octanol–water partition coefficient (Wildman–Crippen LogP) is 7.55. The first kappa shape index (κ1) is 57.6. The van der Waals surface area contributed by atoms with Crippen molar-refractivity contribution in [3.63, 3.8) is 0 Å². The van der Waals surface area contributed by atoms with Crippen molar-refractivity contribution in [2.45, 2.75) is 78.6 Å². The van der Waals surface area contributed by atoms with Crippen molar-refractivity contribution in [2.75, 3.05) is 80.5 Å². The second-order valence-electron chi connectivity index (χ2n) is 18.2. The van der Waals surface area contributed by atoms with Crippen LogP contribution in [0.1, 0.15) is 72.4 Å². The highest BCUT2D eigenvalue weighted by atomic mass is 32.1. The van der Waals surface area contributed by atoms with E-state index in [1.54, 1.807) is 19.6 Å². The maximum atomic E-state index is 13.1. The molecule has 4 atom stereocenters. The number of aryl methyl sites for hydroxylation is 2. The van der Waals surface area contributed by atoms with E-state index in [0.29, 0.717) is 50.4 Å². The molecule has 4 heterocycles. The molecule has 4 aromatic rings. The summed E-state index contributed by atoms with van der Waals surface area (Å²) in [6.07, 6.45) is 3.37. The number of hydrogen-bond acceptors (Lipinski definition) is 6. The average molecular weight is 983 g/mol. The molecule has 6 amide bonds. The van der Waals surface area contributed by atoms with E-state index < -0.39 is 0 Å². The molecule has 4 aromatic carbocycles. The normalized spacial score (nSPS) is 19.1. The highest BCUT2D eigenvalue weighted by molar-refractivity contribution is 7.59. The van der Waals surface area contributed by atoms with Crippen molar-refractivity contribution in [1.82, 2.24) is 39.6 Å². The first-order chi connectivity index (χ1) is 31.2.